The van der Waals surface area contributed by atoms with Crippen LogP contribution in [0.2, 0.25) is 0 Å². The van der Waals surface area contributed by atoms with E-state index in [-0.39, 0.29) is 5.82 Å². The van der Waals surface area contributed by atoms with Crippen molar-refractivity contribution in [1.29, 1.82) is 0 Å². The van der Waals surface area contributed by atoms with Crippen LogP contribution in [0.3, 0.4) is 0 Å². The van der Waals surface area contributed by atoms with E-state index in [1.165, 1.54) is 12.1 Å². The van der Waals surface area contributed by atoms with Gasteiger partial charge in [0.05, 0.1) is 0 Å². The standard InChI is InChI=1S/C15H19FN4O2/c1-10-17-13(11-4-6-12(16)7-5-11)19-20(10)9-8-15(2,3)18-14(21)22/h4-7,18H,8-9H2,1-3H3,(H,21,22). The van der Waals surface area contributed by atoms with Gasteiger partial charge in [-0.25, -0.2) is 18.9 Å². The smallest absolute Gasteiger partial charge is 0.405 e. The third-order valence-electron chi connectivity index (χ3n) is 3.35. The molecule has 118 valence electrons. The molecule has 0 atom stereocenters. The maximum atomic E-state index is 12.9. The summed E-state index contributed by atoms with van der Waals surface area (Å²) in [5.74, 6) is 0.952. The molecule has 0 fully saturated rings. The van der Waals surface area contributed by atoms with Gasteiger partial charge in [0.2, 0.25) is 0 Å². The van der Waals surface area contributed by atoms with Crippen molar-refractivity contribution in [3.8, 4) is 11.4 Å². The number of aromatic nitrogens is 3. The summed E-state index contributed by atoms with van der Waals surface area (Å²) in [4.78, 5) is 15.1. The quantitative estimate of drug-likeness (QED) is 0.890. The molecule has 0 saturated heterocycles. The van der Waals surface area contributed by atoms with Crippen LogP contribution in [0.4, 0.5) is 9.18 Å². The molecule has 0 aliphatic rings. The van der Waals surface area contributed by atoms with Gasteiger partial charge in [0.1, 0.15) is 11.6 Å². The van der Waals surface area contributed by atoms with Crippen LogP contribution in [0.15, 0.2) is 24.3 Å². The first-order valence-electron chi connectivity index (χ1n) is 6.95. The normalized spacial score (nSPS) is 11.5. The Hall–Kier alpha value is -2.44. The summed E-state index contributed by atoms with van der Waals surface area (Å²) in [6.45, 7) is 5.99. The van der Waals surface area contributed by atoms with E-state index in [2.05, 4.69) is 15.4 Å². The zero-order chi connectivity index (χ0) is 16.3. The molecule has 2 rings (SSSR count). The molecular weight excluding hydrogens is 287 g/mol. The van der Waals surface area contributed by atoms with Crippen molar-refractivity contribution in [2.75, 3.05) is 0 Å². The van der Waals surface area contributed by atoms with Crippen LogP contribution in [0.25, 0.3) is 11.4 Å². The molecule has 0 bridgehead atoms. The molecule has 7 heteroatoms. The van der Waals surface area contributed by atoms with E-state index in [0.717, 1.165) is 11.4 Å². The summed E-state index contributed by atoms with van der Waals surface area (Å²) in [6, 6.07) is 5.99. The van der Waals surface area contributed by atoms with Crippen LogP contribution in [0.5, 0.6) is 0 Å². The highest BCUT2D eigenvalue weighted by atomic mass is 19.1. The van der Waals surface area contributed by atoms with Gasteiger partial charge in [-0.15, -0.1) is 0 Å². The van der Waals surface area contributed by atoms with Crippen molar-refractivity contribution >= 4 is 6.09 Å². The number of hydrogen-bond acceptors (Lipinski definition) is 3. The Morgan fingerprint density at radius 2 is 2.00 bits per heavy atom. The largest absolute Gasteiger partial charge is 0.465 e. The van der Waals surface area contributed by atoms with Gasteiger partial charge < -0.3 is 10.4 Å². The van der Waals surface area contributed by atoms with Crippen molar-refractivity contribution in [2.24, 2.45) is 0 Å². The van der Waals surface area contributed by atoms with E-state index in [9.17, 15) is 9.18 Å². The highest BCUT2D eigenvalue weighted by molar-refractivity contribution is 5.65. The number of nitrogens with one attached hydrogen (secondary N) is 1. The number of hydrogen-bond donors (Lipinski definition) is 2. The van der Waals surface area contributed by atoms with Crippen molar-refractivity contribution in [3.05, 3.63) is 35.9 Å². The molecule has 22 heavy (non-hydrogen) atoms. The Morgan fingerprint density at radius 1 is 1.36 bits per heavy atom. The Kier molecular flexibility index (Phi) is 4.44. The predicted octanol–water partition coefficient (Wildman–Crippen LogP) is 2.83. The second kappa shape index (κ2) is 6.13. The number of rotatable bonds is 5. The molecule has 1 aromatic heterocycles. The molecule has 0 aliphatic heterocycles. The van der Waals surface area contributed by atoms with Gasteiger partial charge in [0.15, 0.2) is 5.82 Å². The minimum absolute atomic E-state index is 0.304. The maximum absolute atomic E-state index is 12.9. The first kappa shape index (κ1) is 15.9. The Morgan fingerprint density at radius 3 is 2.59 bits per heavy atom. The van der Waals surface area contributed by atoms with Crippen LogP contribution in [-0.4, -0.2) is 31.5 Å². The van der Waals surface area contributed by atoms with Crippen LogP contribution in [0, 0.1) is 12.7 Å². The minimum atomic E-state index is -1.05. The summed E-state index contributed by atoms with van der Waals surface area (Å²) in [6.07, 6.45) is -0.473. The number of benzene rings is 1. The van der Waals surface area contributed by atoms with Crippen LogP contribution >= 0.6 is 0 Å². The number of aryl methyl sites for hydroxylation is 2. The lowest BCUT2D eigenvalue weighted by atomic mass is 10.0. The number of carboxylic acid groups (broad SMARTS) is 1. The first-order valence-corrected chi connectivity index (χ1v) is 6.95. The molecule has 2 aromatic rings. The topological polar surface area (TPSA) is 80.0 Å². The lowest BCUT2D eigenvalue weighted by Gasteiger charge is -2.24. The van der Waals surface area contributed by atoms with Crippen LogP contribution < -0.4 is 5.32 Å². The second-order valence-electron chi connectivity index (χ2n) is 5.78. The van der Waals surface area contributed by atoms with Crippen molar-refractivity contribution < 1.29 is 14.3 Å². The molecule has 0 saturated carbocycles. The van der Waals surface area contributed by atoms with Gasteiger partial charge in [0.25, 0.3) is 0 Å². The van der Waals surface area contributed by atoms with Gasteiger partial charge in [-0.05, 0) is 51.5 Å². The minimum Gasteiger partial charge on any atom is -0.465 e. The highest BCUT2D eigenvalue weighted by Crippen LogP contribution is 2.17. The van der Waals surface area contributed by atoms with E-state index in [1.54, 1.807) is 16.8 Å². The molecule has 0 radical (unpaired) electrons. The first-order chi connectivity index (χ1) is 10.3. The molecule has 6 nitrogen and oxygen atoms in total. The molecule has 0 unspecified atom stereocenters. The molecule has 2 N–H and O–H groups in total. The number of carbonyl (C=O) groups is 1. The molecule has 1 heterocycles. The van der Waals surface area contributed by atoms with E-state index in [0.29, 0.717) is 18.8 Å². The molecule has 1 amide bonds. The predicted molar refractivity (Wildman–Crippen MR) is 80.0 cm³/mol. The number of amides is 1. The van der Waals surface area contributed by atoms with Crippen molar-refractivity contribution in [2.45, 2.75) is 39.3 Å². The average Bonchev–Trinajstić information content (AvgIpc) is 2.77. The third kappa shape index (κ3) is 4.03. The lowest BCUT2D eigenvalue weighted by molar-refractivity contribution is 0.179. The molecular formula is C15H19FN4O2. The molecule has 1 aromatic carbocycles. The monoisotopic (exact) mass is 306 g/mol. The van der Waals surface area contributed by atoms with E-state index in [1.807, 2.05) is 20.8 Å². The molecule has 0 aliphatic carbocycles. The number of halogens is 1. The fourth-order valence-corrected chi connectivity index (χ4v) is 2.09. The van der Waals surface area contributed by atoms with E-state index in [4.69, 9.17) is 5.11 Å². The Bertz CT molecular complexity index is 665. The fourth-order valence-electron chi connectivity index (χ4n) is 2.09. The number of nitrogens with zero attached hydrogens (tertiary/aromatic N) is 3. The fraction of sp³-hybridized carbons (Fsp3) is 0.400. The van der Waals surface area contributed by atoms with Crippen LogP contribution in [-0.2, 0) is 6.54 Å². The zero-order valence-electron chi connectivity index (χ0n) is 12.8. The van der Waals surface area contributed by atoms with Gasteiger partial charge in [-0.3, -0.25) is 0 Å². The highest BCUT2D eigenvalue weighted by Gasteiger charge is 2.20. The maximum Gasteiger partial charge on any atom is 0.405 e. The summed E-state index contributed by atoms with van der Waals surface area (Å²) in [5, 5.41) is 15.7. The van der Waals surface area contributed by atoms with E-state index < -0.39 is 11.6 Å². The van der Waals surface area contributed by atoms with Crippen molar-refractivity contribution in [1.82, 2.24) is 20.1 Å². The molecule has 0 spiro atoms. The van der Waals surface area contributed by atoms with E-state index >= 15 is 0 Å². The van der Waals surface area contributed by atoms with Gasteiger partial charge in [-0.1, -0.05) is 0 Å². The third-order valence-corrected chi connectivity index (χ3v) is 3.35. The SMILES string of the molecule is Cc1nc(-c2ccc(F)cc2)nn1CCC(C)(C)NC(=O)O. The second-order valence-corrected chi connectivity index (χ2v) is 5.78. The van der Waals surface area contributed by atoms with Crippen molar-refractivity contribution in [3.63, 3.8) is 0 Å². The summed E-state index contributed by atoms with van der Waals surface area (Å²) >= 11 is 0. The average molecular weight is 306 g/mol. The summed E-state index contributed by atoms with van der Waals surface area (Å²) in [5.41, 5.74) is 0.187. The Labute approximate surface area is 128 Å². The van der Waals surface area contributed by atoms with Crippen LogP contribution in [0.1, 0.15) is 26.1 Å². The lowest BCUT2D eigenvalue weighted by Crippen LogP contribution is -2.43. The summed E-state index contributed by atoms with van der Waals surface area (Å²) in [7, 11) is 0. The zero-order valence-corrected chi connectivity index (χ0v) is 12.8. The van der Waals surface area contributed by atoms with Gasteiger partial charge in [-0.2, -0.15) is 5.10 Å². The van der Waals surface area contributed by atoms with Gasteiger partial charge in [0, 0.05) is 17.6 Å². The Balaban J connectivity index is 2.10. The van der Waals surface area contributed by atoms with Gasteiger partial charge >= 0.3 is 6.09 Å². The summed E-state index contributed by atoms with van der Waals surface area (Å²) < 4.78 is 14.7.